The van der Waals surface area contributed by atoms with Crippen molar-refractivity contribution in [3.8, 4) is 0 Å². The van der Waals surface area contributed by atoms with Gasteiger partial charge in [0.2, 0.25) is 0 Å². The molecule has 6 nitrogen and oxygen atoms in total. The van der Waals surface area contributed by atoms with E-state index in [1.165, 1.54) is 0 Å². The molecule has 0 spiro atoms. The van der Waals surface area contributed by atoms with Crippen molar-refractivity contribution in [2.45, 2.75) is 13.0 Å². The van der Waals surface area contributed by atoms with Crippen LogP contribution in [0.2, 0.25) is 0 Å². The lowest BCUT2D eigenvalue weighted by molar-refractivity contribution is 0.0501. The smallest absolute Gasteiger partial charge is 0.257 e. The summed E-state index contributed by atoms with van der Waals surface area (Å²) in [5, 5.41) is 10.0. The number of hydrogen-bond acceptors (Lipinski definition) is 4. The van der Waals surface area contributed by atoms with Crippen LogP contribution in [0, 0.1) is 6.92 Å². The standard InChI is InChI=1S/C12H19N5O/c1-9-11(8-14-15-9)12(18)17-4-2-16(3-5-17)10-6-13-7-10/h8,10,13H,2-7H2,1H3,(H,14,15). The third kappa shape index (κ3) is 2.02. The van der Waals surface area contributed by atoms with Crippen molar-refractivity contribution in [1.82, 2.24) is 25.3 Å². The molecule has 2 saturated heterocycles. The van der Waals surface area contributed by atoms with E-state index in [4.69, 9.17) is 0 Å². The summed E-state index contributed by atoms with van der Waals surface area (Å²) in [7, 11) is 0. The van der Waals surface area contributed by atoms with Crippen molar-refractivity contribution in [3.05, 3.63) is 17.5 Å². The fraction of sp³-hybridized carbons (Fsp3) is 0.667. The topological polar surface area (TPSA) is 64.3 Å². The summed E-state index contributed by atoms with van der Waals surface area (Å²) < 4.78 is 0. The summed E-state index contributed by atoms with van der Waals surface area (Å²) in [6.07, 6.45) is 1.62. The van der Waals surface area contributed by atoms with Crippen molar-refractivity contribution in [1.29, 1.82) is 0 Å². The molecule has 2 aliphatic rings. The van der Waals surface area contributed by atoms with Gasteiger partial charge in [0.1, 0.15) is 0 Å². The maximum atomic E-state index is 12.3. The second kappa shape index (κ2) is 4.70. The number of rotatable bonds is 2. The SMILES string of the molecule is Cc1[nH]ncc1C(=O)N1CCN(C2CNC2)CC1. The van der Waals surface area contributed by atoms with Crippen LogP contribution < -0.4 is 5.32 Å². The van der Waals surface area contributed by atoms with Crippen molar-refractivity contribution in [2.24, 2.45) is 0 Å². The Morgan fingerprint density at radius 1 is 1.33 bits per heavy atom. The second-order valence-corrected chi connectivity index (χ2v) is 5.05. The first-order valence-corrected chi connectivity index (χ1v) is 6.49. The molecule has 0 saturated carbocycles. The molecule has 0 radical (unpaired) electrons. The maximum absolute atomic E-state index is 12.3. The zero-order valence-electron chi connectivity index (χ0n) is 10.6. The van der Waals surface area contributed by atoms with Gasteiger partial charge in [-0.05, 0) is 6.92 Å². The molecule has 0 bridgehead atoms. The molecule has 1 aromatic rings. The van der Waals surface area contributed by atoms with Crippen LogP contribution in [0.15, 0.2) is 6.20 Å². The van der Waals surface area contributed by atoms with Crippen molar-refractivity contribution in [3.63, 3.8) is 0 Å². The van der Waals surface area contributed by atoms with Gasteiger partial charge in [-0.3, -0.25) is 14.8 Å². The lowest BCUT2D eigenvalue weighted by Gasteiger charge is -2.43. The van der Waals surface area contributed by atoms with Gasteiger partial charge in [-0.2, -0.15) is 5.10 Å². The second-order valence-electron chi connectivity index (χ2n) is 5.05. The van der Waals surface area contributed by atoms with Crippen LogP contribution in [0.5, 0.6) is 0 Å². The van der Waals surface area contributed by atoms with E-state index in [-0.39, 0.29) is 5.91 Å². The molecule has 0 aromatic carbocycles. The Balaban J connectivity index is 1.59. The number of amides is 1. The van der Waals surface area contributed by atoms with E-state index < -0.39 is 0 Å². The van der Waals surface area contributed by atoms with E-state index in [9.17, 15) is 4.79 Å². The zero-order chi connectivity index (χ0) is 12.5. The number of aromatic amines is 1. The Hall–Kier alpha value is -1.40. The van der Waals surface area contributed by atoms with Gasteiger partial charge in [-0.1, -0.05) is 0 Å². The van der Waals surface area contributed by atoms with Crippen LogP contribution >= 0.6 is 0 Å². The molecule has 0 atom stereocenters. The third-order valence-corrected chi connectivity index (χ3v) is 3.94. The molecule has 6 heteroatoms. The summed E-state index contributed by atoms with van der Waals surface area (Å²) in [6, 6.07) is 0.679. The van der Waals surface area contributed by atoms with Gasteiger partial charge in [-0.25, -0.2) is 0 Å². The molecule has 2 aliphatic heterocycles. The zero-order valence-corrected chi connectivity index (χ0v) is 10.6. The van der Waals surface area contributed by atoms with Gasteiger partial charge in [0.15, 0.2) is 0 Å². The highest BCUT2D eigenvalue weighted by molar-refractivity contribution is 5.95. The van der Waals surface area contributed by atoms with Gasteiger partial charge >= 0.3 is 0 Å². The molecular weight excluding hydrogens is 230 g/mol. The fourth-order valence-electron chi connectivity index (χ4n) is 2.56. The number of hydrogen-bond donors (Lipinski definition) is 2. The lowest BCUT2D eigenvalue weighted by Crippen LogP contribution is -2.62. The van der Waals surface area contributed by atoms with Gasteiger partial charge in [0.25, 0.3) is 5.91 Å². The van der Waals surface area contributed by atoms with Gasteiger partial charge < -0.3 is 10.2 Å². The molecule has 1 aromatic heterocycles. The van der Waals surface area contributed by atoms with Crippen LogP contribution in [0.4, 0.5) is 0 Å². The average Bonchev–Trinajstić information content (AvgIpc) is 2.73. The van der Waals surface area contributed by atoms with Crippen molar-refractivity contribution in [2.75, 3.05) is 39.3 Å². The summed E-state index contributed by atoms with van der Waals surface area (Å²) in [5.74, 6) is 0.104. The number of piperazine rings is 1. The van der Waals surface area contributed by atoms with Gasteiger partial charge in [0, 0.05) is 51.0 Å². The van der Waals surface area contributed by atoms with Crippen molar-refractivity contribution < 1.29 is 4.79 Å². The molecule has 3 heterocycles. The summed E-state index contributed by atoms with van der Waals surface area (Å²) in [6.45, 7) is 7.67. The van der Waals surface area contributed by atoms with E-state index in [2.05, 4.69) is 20.4 Å². The number of H-pyrrole nitrogens is 1. The Labute approximate surface area is 106 Å². The van der Waals surface area contributed by atoms with Gasteiger partial charge in [0.05, 0.1) is 11.8 Å². The van der Waals surface area contributed by atoms with Crippen LogP contribution in [0.3, 0.4) is 0 Å². The minimum Gasteiger partial charge on any atom is -0.336 e. The first-order valence-electron chi connectivity index (χ1n) is 6.49. The average molecular weight is 249 g/mol. The molecule has 98 valence electrons. The first kappa shape index (κ1) is 11.7. The quantitative estimate of drug-likeness (QED) is 0.738. The maximum Gasteiger partial charge on any atom is 0.257 e. The van der Waals surface area contributed by atoms with Crippen LogP contribution in [-0.4, -0.2) is 71.2 Å². The van der Waals surface area contributed by atoms with Crippen LogP contribution in [0.1, 0.15) is 16.1 Å². The predicted molar refractivity (Wildman–Crippen MR) is 67.5 cm³/mol. The minimum atomic E-state index is 0.104. The third-order valence-electron chi connectivity index (χ3n) is 3.94. The molecule has 3 rings (SSSR count). The molecule has 0 aliphatic carbocycles. The van der Waals surface area contributed by atoms with E-state index >= 15 is 0 Å². The number of nitrogens with one attached hydrogen (secondary N) is 2. The summed E-state index contributed by atoms with van der Waals surface area (Å²) in [5.41, 5.74) is 1.55. The normalized spacial score (nSPS) is 21.9. The monoisotopic (exact) mass is 249 g/mol. The van der Waals surface area contributed by atoms with Crippen LogP contribution in [0.25, 0.3) is 0 Å². The molecule has 18 heavy (non-hydrogen) atoms. The highest BCUT2D eigenvalue weighted by Crippen LogP contribution is 2.13. The number of aromatic nitrogens is 2. The molecule has 1 amide bonds. The largest absolute Gasteiger partial charge is 0.336 e. The van der Waals surface area contributed by atoms with E-state index in [1.807, 2.05) is 11.8 Å². The number of nitrogens with zero attached hydrogens (tertiary/aromatic N) is 3. The molecule has 0 unspecified atom stereocenters. The van der Waals surface area contributed by atoms with Gasteiger partial charge in [-0.15, -0.1) is 0 Å². The van der Waals surface area contributed by atoms with Crippen molar-refractivity contribution >= 4 is 5.91 Å². The van der Waals surface area contributed by atoms with Crippen LogP contribution in [-0.2, 0) is 0 Å². The Morgan fingerprint density at radius 3 is 2.56 bits per heavy atom. The van der Waals surface area contributed by atoms with E-state index in [0.29, 0.717) is 11.6 Å². The summed E-state index contributed by atoms with van der Waals surface area (Å²) >= 11 is 0. The minimum absolute atomic E-state index is 0.104. The first-order chi connectivity index (χ1) is 8.75. The molecule has 2 fully saturated rings. The number of carbonyl (C=O) groups is 1. The number of carbonyl (C=O) groups excluding carboxylic acids is 1. The van der Waals surface area contributed by atoms with E-state index in [0.717, 1.165) is 45.0 Å². The Morgan fingerprint density at radius 2 is 2.06 bits per heavy atom. The predicted octanol–water partition coefficient (Wildman–Crippen LogP) is -0.552. The molecular formula is C12H19N5O. The van der Waals surface area contributed by atoms with E-state index in [1.54, 1.807) is 6.20 Å². The Kier molecular flexibility index (Phi) is 3.05. The number of aryl methyl sites for hydroxylation is 1. The lowest BCUT2D eigenvalue weighted by atomic mass is 10.1. The summed E-state index contributed by atoms with van der Waals surface area (Å²) in [4.78, 5) is 16.7. The fourth-order valence-corrected chi connectivity index (χ4v) is 2.56. The Bertz CT molecular complexity index is 431. The highest BCUT2D eigenvalue weighted by Gasteiger charge is 2.29. The molecule has 2 N–H and O–H groups in total. The highest BCUT2D eigenvalue weighted by atomic mass is 16.2.